The molecule has 0 aromatic heterocycles. The molecule has 0 aromatic carbocycles. The van der Waals surface area contributed by atoms with Crippen molar-refractivity contribution in [3.05, 3.63) is 0 Å². The van der Waals surface area contributed by atoms with Crippen molar-refractivity contribution in [2.75, 3.05) is 13.7 Å². The maximum absolute atomic E-state index is 12.6. The average Bonchev–Trinajstić information content (AvgIpc) is 2.55. The van der Waals surface area contributed by atoms with Gasteiger partial charge in [-0.1, -0.05) is 20.8 Å². The highest BCUT2D eigenvalue weighted by Gasteiger charge is 2.36. The van der Waals surface area contributed by atoms with E-state index < -0.39 is 22.0 Å². The molecule has 0 saturated heterocycles. The monoisotopic (exact) mass is 444 g/mol. The molecule has 0 bridgehead atoms. The minimum absolute atomic E-state index is 0.0159. The Morgan fingerprint density at radius 2 is 1.62 bits per heavy atom. The van der Waals surface area contributed by atoms with Crippen LogP contribution in [0.4, 0.5) is 0 Å². The van der Waals surface area contributed by atoms with E-state index in [4.69, 9.17) is 13.6 Å². The van der Waals surface area contributed by atoms with Crippen LogP contribution in [0, 0.1) is 11.3 Å². The molecule has 0 N–H and O–H groups in total. The van der Waals surface area contributed by atoms with E-state index in [-0.39, 0.29) is 36.1 Å². The van der Waals surface area contributed by atoms with Crippen molar-refractivity contribution in [1.82, 2.24) is 0 Å². The molecule has 3 unspecified atom stereocenters. The first-order chi connectivity index (χ1) is 13.1. The van der Waals surface area contributed by atoms with Gasteiger partial charge in [0.2, 0.25) is 0 Å². The highest BCUT2D eigenvalue weighted by atomic mass is 28.4. The van der Waals surface area contributed by atoms with Gasteiger partial charge in [-0.3, -0.25) is 9.59 Å². The van der Waals surface area contributed by atoms with Crippen LogP contribution in [-0.4, -0.2) is 54.1 Å². The Morgan fingerprint density at radius 1 is 1.00 bits per heavy atom. The Bertz CT molecular complexity index is 548. The summed E-state index contributed by atoms with van der Waals surface area (Å²) in [5, 5.41) is 0. The van der Waals surface area contributed by atoms with E-state index >= 15 is 0 Å². The lowest BCUT2D eigenvalue weighted by molar-refractivity contribution is -0.137. The predicted molar refractivity (Wildman–Crippen MR) is 123 cm³/mol. The van der Waals surface area contributed by atoms with Crippen LogP contribution in [0.5, 0.6) is 0 Å². The molecule has 0 aliphatic heterocycles. The molecule has 170 valence electrons. The molecule has 1 saturated carbocycles. The van der Waals surface area contributed by atoms with E-state index in [1.165, 1.54) is 0 Å². The average molecular weight is 445 g/mol. The third-order valence-corrected chi connectivity index (χ3v) is 11.7. The molecular formula is C22H44O5Si2. The van der Waals surface area contributed by atoms with Crippen molar-refractivity contribution in [3.63, 3.8) is 0 Å². The van der Waals surface area contributed by atoms with Crippen LogP contribution in [0.3, 0.4) is 0 Å². The smallest absolute Gasteiger partial charge is 0.173 e. The van der Waals surface area contributed by atoms with Gasteiger partial charge in [-0.25, -0.2) is 0 Å². The van der Waals surface area contributed by atoms with E-state index in [9.17, 15) is 9.59 Å². The second-order valence-corrected chi connectivity index (χ2v) is 20.1. The van der Waals surface area contributed by atoms with Gasteiger partial charge in [0, 0.05) is 25.0 Å². The number of carbonyl (C=O) groups is 2. The lowest BCUT2D eigenvalue weighted by atomic mass is 9.79. The molecule has 1 fully saturated rings. The first-order valence-electron chi connectivity index (χ1n) is 11.1. The number of carbonyl (C=O) groups excluding carboxylic acids is 2. The number of hydrogen-bond acceptors (Lipinski definition) is 5. The zero-order valence-electron chi connectivity index (χ0n) is 20.2. The fourth-order valence-corrected chi connectivity index (χ4v) is 12.0. The zero-order chi connectivity index (χ0) is 22.5. The molecule has 7 heteroatoms. The standard InChI is InChI=1S/C22H44O5Si2/c1-22(2,3)21(24)16-18(23)17-11-12-19(20(15-17)25-4)26-13-10-14-29(8,9)27-28(5,6)7/h17,19-20H,10-16H2,1-9H3. The van der Waals surface area contributed by atoms with Gasteiger partial charge in [0.15, 0.2) is 16.6 Å². The van der Waals surface area contributed by atoms with Gasteiger partial charge in [-0.15, -0.1) is 0 Å². The summed E-state index contributed by atoms with van der Waals surface area (Å²) in [5.74, 6) is -0.0218. The summed E-state index contributed by atoms with van der Waals surface area (Å²) in [5.41, 5.74) is -0.465. The molecular weight excluding hydrogens is 400 g/mol. The molecule has 0 spiro atoms. The SMILES string of the molecule is COC1CC(C(=O)CC(=O)C(C)(C)C)CCC1OCCC[Si](C)(C)O[Si](C)(C)C. The number of rotatable bonds is 11. The van der Waals surface area contributed by atoms with E-state index in [2.05, 4.69) is 32.7 Å². The van der Waals surface area contributed by atoms with Gasteiger partial charge in [0.1, 0.15) is 11.6 Å². The van der Waals surface area contributed by atoms with Crippen molar-refractivity contribution in [1.29, 1.82) is 0 Å². The largest absolute Gasteiger partial charge is 0.456 e. The summed E-state index contributed by atoms with van der Waals surface area (Å²) < 4.78 is 18.2. The lowest BCUT2D eigenvalue weighted by Gasteiger charge is -2.35. The van der Waals surface area contributed by atoms with Crippen LogP contribution in [0.2, 0.25) is 38.8 Å². The summed E-state index contributed by atoms with van der Waals surface area (Å²) in [4.78, 5) is 24.8. The quantitative estimate of drug-likeness (QED) is 0.249. The number of ketones is 2. The lowest BCUT2D eigenvalue weighted by Crippen LogP contribution is -2.42. The zero-order valence-corrected chi connectivity index (χ0v) is 22.2. The van der Waals surface area contributed by atoms with Crippen molar-refractivity contribution >= 4 is 28.2 Å². The third kappa shape index (κ3) is 10.0. The Hall–Kier alpha value is -0.346. The normalized spacial score (nSPS) is 23.8. The minimum Gasteiger partial charge on any atom is -0.456 e. The van der Waals surface area contributed by atoms with Crippen molar-refractivity contribution < 1.29 is 23.2 Å². The summed E-state index contributed by atoms with van der Waals surface area (Å²) in [6.45, 7) is 17.6. The molecule has 1 rings (SSSR count). The Morgan fingerprint density at radius 3 is 2.14 bits per heavy atom. The maximum Gasteiger partial charge on any atom is 0.173 e. The number of hydrogen-bond donors (Lipinski definition) is 0. The van der Waals surface area contributed by atoms with Crippen molar-refractivity contribution in [3.8, 4) is 0 Å². The molecule has 3 atom stereocenters. The molecule has 1 aliphatic carbocycles. The van der Waals surface area contributed by atoms with E-state index in [1.54, 1.807) is 7.11 Å². The Kier molecular flexibility index (Phi) is 9.94. The van der Waals surface area contributed by atoms with Crippen molar-refractivity contribution in [2.24, 2.45) is 11.3 Å². The van der Waals surface area contributed by atoms with Gasteiger partial charge in [0.25, 0.3) is 0 Å². The number of Topliss-reactive ketones (excluding diaryl/α,β-unsaturated/α-hetero) is 2. The Balaban J connectivity index is 2.45. The molecule has 0 radical (unpaired) electrons. The minimum atomic E-state index is -1.63. The molecule has 0 heterocycles. The molecule has 0 amide bonds. The van der Waals surface area contributed by atoms with Gasteiger partial charge < -0.3 is 13.6 Å². The fourth-order valence-electron chi connectivity index (χ4n) is 4.01. The summed E-state index contributed by atoms with van der Waals surface area (Å²) in [7, 11) is -1.45. The fraction of sp³-hybridized carbons (Fsp3) is 0.909. The van der Waals surface area contributed by atoms with E-state index in [0.717, 1.165) is 25.3 Å². The van der Waals surface area contributed by atoms with Gasteiger partial charge in [-0.2, -0.15) is 0 Å². The first kappa shape index (κ1) is 26.7. The topological polar surface area (TPSA) is 61.8 Å². The van der Waals surface area contributed by atoms with Gasteiger partial charge in [-0.05, 0) is 64.5 Å². The second-order valence-electron chi connectivity index (χ2n) is 11.1. The second kappa shape index (κ2) is 10.8. The van der Waals surface area contributed by atoms with E-state index in [0.29, 0.717) is 13.0 Å². The summed E-state index contributed by atoms with van der Waals surface area (Å²) in [6.07, 6.45) is 3.23. The molecule has 1 aliphatic rings. The molecule has 29 heavy (non-hydrogen) atoms. The number of methoxy groups -OCH3 is 1. The van der Waals surface area contributed by atoms with Gasteiger partial charge in [0.05, 0.1) is 18.6 Å². The van der Waals surface area contributed by atoms with Crippen LogP contribution >= 0.6 is 0 Å². The van der Waals surface area contributed by atoms with Crippen LogP contribution in [0.15, 0.2) is 0 Å². The van der Waals surface area contributed by atoms with E-state index in [1.807, 2.05) is 20.8 Å². The summed E-state index contributed by atoms with van der Waals surface area (Å²) in [6, 6.07) is 1.09. The van der Waals surface area contributed by atoms with Crippen LogP contribution in [0.25, 0.3) is 0 Å². The van der Waals surface area contributed by atoms with Gasteiger partial charge >= 0.3 is 0 Å². The van der Waals surface area contributed by atoms with Crippen molar-refractivity contribution in [2.45, 2.75) is 104 Å². The number of ether oxygens (including phenoxy) is 2. The first-order valence-corrected chi connectivity index (χ1v) is 17.6. The van der Waals surface area contributed by atoms with Crippen LogP contribution in [-0.2, 0) is 23.2 Å². The maximum atomic E-state index is 12.6. The van der Waals surface area contributed by atoms with Crippen LogP contribution < -0.4 is 0 Å². The third-order valence-electron chi connectivity index (χ3n) is 5.50. The molecule has 5 nitrogen and oxygen atoms in total. The molecule has 0 aromatic rings. The highest BCUT2D eigenvalue weighted by Crippen LogP contribution is 2.31. The highest BCUT2D eigenvalue weighted by molar-refractivity contribution is 6.84. The Labute approximate surface area is 180 Å². The predicted octanol–water partition coefficient (Wildman–Crippen LogP) is 5.21. The van der Waals surface area contributed by atoms with Crippen LogP contribution in [0.1, 0.15) is 52.9 Å². The summed E-state index contributed by atoms with van der Waals surface area (Å²) >= 11 is 0.